The third kappa shape index (κ3) is 2.43. The van der Waals surface area contributed by atoms with Gasteiger partial charge in [-0.05, 0) is 31.4 Å². The number of hydrogen-bond donors (Lipinski definition) is 0. The monoisotopic (exact) mass is 274 g/mol. The van der Waals surface area contributed by atoms with Gasteiger partial charge in [-0.25, -0.2) is 9.18 Å². The molecule has 104 valence electrons. The van der Waals surface area contributed by atoms with E-state index in [4.69, 9.17) is 4.84 Å². The first-order chi connectivity index (χ1) is 9.75. The normalized spacial score (nSPS) is 21.1. The van der Waals surface area contributed by atoms with E-state index in [1.165, 1.54) is 12.5 Å². The predicted octanol–water partition coefficient (Wildman–Crippen LogP) is 2.46. The summed E-state index contributed by atoms with van der Waals surface area (Å²) in [5.74, 6) is -0.928. The minimum Gasteiger partial charge on any atom is -0.377 e. The summed E-state index contributed by atoms with van der Waals surface area (Å²) in [4.78, 5) is 18.6. The van der Waals surface area contributed by atoms with Crippen molar-refractivity contribution in [3.05, 3.63) is 47.4 Å². The fourth-order valence-electron chi connectivity index (χ4n) is 2.47. The summed E-state index contributed by atoms with van der Waals surface area (Å²) in [5, 5.41) is 3.73. The van der Waals surface area contributed by atoms with Crippen LogP contribution in [-0.2, 0) is 9.63 Å². The van der Waals surface area contributed by atoms with Gasteiger partial charge in [0, 0.05) is 24.9 Å². The number of rotatable bonds is 2. The maximum Gasteiger partial charge on any atom is 0.369 e. The van der Waals surface area contributed by atoms with Gasteiger partial charge >= 0.3 is 5.97 Å². The molecule has 0 unspecified atom stereocenters. The van der Waals surface area contributed by atoms with Crippen LogP contribution in [0.25, 0.3) is 0 Å². The molecule has 4 nitrogen and oxygen atoms in total. The third-order valence-corrected chi connectivity index (χ3v) is 3.53. The van der Waals surface area contributed by atoms with E-state index in [-0.39, 0.29) is 5.71 Å². The van der Waals surface area contributed by atoms with Crippen LogP contribution in [0.1, 0.15) is 24.8 Å². The zero-order valence-corrected chi connectivity index (χ0v) is 11.0. The number of oxime groups is 1. The maximum atomic E-state index is 13.8. The zero-order valence-electron chi connectivity index (χ0n) is 11.0. The molecule has 0 bridgehead atoms. The summed E-state index contributed by atoms with van der Waals surface area (Å²) in [6, 6.07) is 6.26. The summed E-state index contributed by atoms with van der Waals surface area (Å²) in [5.41, 5.74) is 0.900. The smallest absolute Gasteiger partial charge is 0.369 e. The lowest BCUT2D eigenvalue weighted by Crippen LogP contribution is -2.26. The average Bonchev–Trinajstić information content (AvgIpc) is 2.82. The first-order valence-electron chi connectivity index (χ1n) is 6.76. The molecule has 20 heavy (non-hydrogen) atoms. The molecule has 0 atom stereocenters. The molecular weight excluding hydrogens is 259 g/mol. The SMILES string of the molecule is O=C1ON=C(c2ccccc2F)C1=CN1CCCCC1. The quantitative estimate of drug-likeness (QED) is 0.614. The topological polar surface area (TPSA) is 41.9 Å². The van der Waals surface area contributed by atoms with Gasteiger partial charge < -0.3 is 9.74 Å². The average molecular weight is 274 g/mol. The molecule has 0 radical (unpaired) electrons. The maximum absolute atomic E-state index is 13.8. The second kappa shape index (κ2) is 5.45. The highest BCUT2D eigenvalue weighted by molar-refractivity contribution is 6.28. The Morgan fingerprint density at radius 1 is 1.20 bits per heavy atom. The summed E-state index contributed by atoms with van der Waals surface area (Å²) >= 11 is 0. The van der Waals surface area contributed by atoms with E-state index in [1.54, 1.807) is 24.4 Å². The van der Waals surface area contributed by atoms with Gasteiger partial charge in [-0.1, -0.05) is 17.3 Å². The van der Waals surface area contributed by atoms with E-state index < -0.39 is 11.8 Å². The van der Waals surface area contributed by atoms with Gasteiger partial charge in [0.15, 0.2) is 0 Å². The number of likely N-dealkylation sites (tertiary alicyclic amines) is 1. The molecule has 0 aliphatic carbocycles. The van der Waals surface area contributed by atoms with E-state index in [0.717, 1.165) is 25.9 Å². The Morgan fingerprint density at radius 2 is 1.95 bits per heavy atom. The van der Waals surface area contributed by atoms with E-state index in [0.29, 0.717) is 11.1 Å². The summed E-state index contributed by atoms with van der Waals surface area (Å²) in [6.45, 7) is 1.81. The van der Waals surface area contributed by atoms with E-state index >= 15 is 0 Å². The van der Waals surface area contributed by atoms with Crippen molar-refractivity contribution in [2.75, 3.05) is 13.1 Å². The van der Waals surface area contributed by atoms with E-state index in [2.05, 4.69) is 10.1 Å². The van der Waals surface area contributed by atoms with Gasteiger partial charge in [0.1, 0.15) is 17.1 Å². The Hall–Kier alpha value is -2.17. The Morgan fingerprint density at radius 3 is 2.70 bits per heavy atom. The van der Waals surface area contributed by atoms with Gasteiger partial charge in [0.05, 0.1) is 0 Å². The first-order valence-corrected chi connectivity index (χ1v) is 6.76. The molecule has 0 aromatic heterocycles. The van der Waals surface area contributed by atoms with E-state index in [1.807, 2.05) is 0 Å². The molecule has 1 aromatic carbocycles. The van der Waals surface area contributed by atoms with Gasteiger partial charge in [0.25, 0.3) is 0 Å². The molecular formula is C15H15FN2O2. The number of hydrogen-bond acceptors (Lipinski definition) is 4. The van der Waals surface area contributed by atoms with Crippen LogP contribution >= 0.6 is 0 Å². The lowest BCUT2D eigenvalue weighted by Gasteiger charge is -2.25. The Balaban J connectivity index is 1.92. The van der Waals surface area contributed by atoms with Crippen LogP contribution in [0.4, 0.5) is 4.39 Å². The van der Waals surface area contributed by atoms with Crippen molar-refractivity contribution < 1.29 is 14.0 Å². The van der Waals surface area contributed by atoms with Crippen molar-refractivity contribution in [2.45, 2.75) is 19.3 Å². The molecule has 1 saturated heterocycles. The molecule has 0 saturated carbocycles. The highest BCUT2D eigenvalue weighted by Crippen LogP contribution is 2.21. The number of nitrogens with zero attached hydrogens (tertiary/aromatic N) is 2. The second-order valence-electron chi connectivity index (χ2n) is 4.94. The Kier molecular flexibility index (Phi) is 3.50. The van der Waals surface area contributed by atoms with Crippen LogP contribution in [0.2, 0.25) is 0 Å². The van der Waals surface area contributed by atoms with Crippen molar-refractivity contribution in [1.82, 2.24) is 4.90 Å². The molecule has 5 heteroatoms. The van der Waals surface area contributed by atoms with Crippen LogP contribution in [-0.4, -0.2) is 29.7 Å². The number of piperidine rings is 1. The third-order valence-electron chi connectivity index (χ3n) is 3.53. The molecule has 2 aliphatic rings. The van der Waals surface area contributed by atoms with Crippen molar-refractivity contribution in [1.29, 1.82) is 0 Å². The van der Waals surface area contributed by atoms with Crippen molar-refractivity contribution in [3.63, 3.8) is 0 Å². The Labute approximate surface area is 116 Å². The van der Waals surface area contributed by atoms with Crippen LogP contribution < -0.4 is 0 Å². The van der Waals surface area contributed by atoms with Crippen molar-refractivity contribution in [2.24, 2.45) is 5.16 Å². The molecule has 3 rings (SSSR count). The summed E-state index contributed by atoms with van der Waals surface area (Å²) in [7, 11) is 0. The Bertz CT molecular complexity index is 589. The highest BCUT2D eigenvalue weighted by atomic mass is 19.1. The van der Waals surface area contributed by atoms with E-state index in [9.17, 15) is 9.18 Å². The number of carbonyl (C=O) groups is 1. The number of halogens is 1. The fraction of sp³-hybridized carbons (Fsp3) is 0.333. The predicted molar refractivity (Wildman–Crippen MR) is 72.5 cm³/mol. The molecule has 1 aromatic rings. The van der Waals surface area contributed by atoms with Gasteiger partial charge in [-0.15, -0.1) is 0 Å². The van der Waals surface area contributed by atoms with Crippen molar-refractivity contribution in [3.8, 4) is 0 Å². The van der Waals surface area contributed by atoms with Crippen LogP contribution in [0.3, 0.4) is 0 Å². The minimum atomic E-state index is -0.520. The largest absolute Gasteiger partial charge is 0.377 e. The molecule has 1 fully saturated rings. The van der Waals surface area contributed by atoms with Crippen LogP contribution in [0.5, 0.6) is 0 Å². The number of benzene rings is 1. The van der Waals surface area contributed by atoms with Crippen LogP contribution in [0, 0.1) is 5.82 Å². The van der Waals surface area contributed by atoms with Gasteiger partial charge in [0.2, 0.25) is 0 Å². The van der Waals surface area contributed by atoms with Gasteiger partial charge in [-0.2, -0.15) is 0 Å². The molecule has 2 aliphatic heterocycles. The van der Waals surface area contributed by atoms with Crippen molar-refractivity contribution >= 4 is 11.7 Å². The summed E-state index contributed by atoms with van der Waals surface area (Å²) in [6.07, 6.45) is 5.16. The fourth-order valence-corrected chi connectivity index (χ4v) is 2.47. The summed E-state index contributed by atoms with van der Waals surface area (Å²) < 4.78 is 13.8. The lowest BCUT2D eigenvalue weighted by molar-refractivity contribution is -0.136. The minimum absolute atomic E-state index is 0.277. The molecule has 2 heterocycles. The van der Waals surface area contributed by atoms with Crippen LogP contribution in [0.15, 0.2) is 41.2 Å². The molecule has 0 amide bonds. The second-order valence-corrected chi connectivity index (χ2v) is 4.94. The first kappa shape index (κ1) is 12.8. The zero-order chi connectivity index (χ0) is 13.9. The lowest BCUT2D eigenvalue weighted by atomic mass is 10.0. The molecule has 0 N–H and O–H groups in total. The standard InChI is InChI=1S/C15H15FN2O2/c16-13-7-3-2-6-11(13)14-12(15(19)20-17-14)10-18-8-4-1-5-9-18/h2-3,6-7,10H,1,4-5,8-9H2. The molecule has 0 spiro atoms. The number of carbonyl (C=O) groups excluding carboxylic acids is 1. The highest BCUT2D eigenvalue weighted by Gasteiger charge is 2.29. The van der Waals surface area contributed by atoms with Gasteiger partial charge in [-0.3, -0.25) is 0 Å².